The Balaban J connectivity index is 1.80. The van der Waals surface area contributed by atoms with Gasteiger partial charge in [-0.3, -0.25) is 19.5 Å². The second kappa shape index (κ2) is 6.40. The molecule has 1 saturated heterocycles. The van der Waals surface area contributed by atoms with Crippen LogP contribution in [0.1, 0.15) is 32.6 Å². The van der Waals surface area contributed by atoms with Crippen molar-refractivity contribution in [1.29, 1.82) is 0 Å². The van der Waals surface area contributed by atoms with Crippen molar-refractivity contribution in [2.24, 2.45) is 0 Å². The van der Waals surface area contributed by atoms with Crippen molar-refractivity contribution in [3.05, 3.63) is 45.0 Å². The van der Waals surface area contributed by atoms with E-state index in [-0.39, 0.29) is 36.0 Å². The molecule has 3 rings (SSSR count). The van der Waals surface area contributed by atoms with E-state index in [0.29, 0.717) is 10.8 Å². The zero-order valence-corrected chi connectivity index (χ0v) is 13.2. The van der Waals surface area contributed by atoms with Crippen LogP contribution in [-0.4, -0.2) is 33.2 Å². The third-order valence-electron chi connectivity index (χ3n) is 4.56. The van der Waals surface area contributed by atoms with Crippen LogP contribution in [-0.2, 0) is 11.3 Å². The smallest absolute Gasteiger partial charge is 0.273 e. The molecule has 1 aliphatic rings. The van der Waals surface area contributed by atoms with Crippen LogP contribution in [0.25, 0.3) is 10.8 Å². The molecule has 2 aromatic rings. The fourth-order valence-electron chi connectivity index (χ4n) is 3.22. The molecule has 6 heteroatoms. The van der Waals surface area contributed by atoms with E-state index < -0.39 is 0 Å². The summed E-state index contributed by atoms with van der Waals surface area (Å²) in [6, 6.07) is 6.97. The minimum absolute atomic E-state index is 0.0399. The number of aromatic nitrogens is 2. The Morgan fingerprint density at radius 2 is 1.96 bits per heavy atom. The number of hydrogen-bond acceptors (Lipinski definition) is 3. The normalized spacial score (nSPS) is 18.3. The summed E-state index contributed by atoms with van der Waals surface area (Å²) < 4.78 is 1.25. The predicted molar refractivity (Wildman–Crippen MR) is 88.5 cm³/mol. The minimum atomic E-state index is -0.306. The van der Waals surface area contributed by atoms with Gasteiger partial charge in [0.05, 0.1) is 17.3 Å². The van der Waals surface area contributed by atoms with E-state index in [2.05, 4.69) is 12.0 Å². The lowest BCUT2D eigenvalue weighted by Gasteiger charge is -2.33. The molecular weight excluding hydrogens is 294 g/mol. The number of amides is 1. The quantitative estimate of drug-likeness (QED) is 0.932. The second-order valence-electron chi connectivity index (χ2n) is 6.13. The molecular formula is C17H21N3O3. The molecule has 122 valence electrons. The highest BCUT2D eigenvalue weighted by Gasteiger charge is 2.22. The maximum atomic E-state index is 12.4. The molecule has 1 atom stereocenters. The van der Waals surface area contributed by atoms with Gasteiger partial charge in [-0.05, 0) is 38.3 Å². The molecule has 6 nitrogen and oxygen atoms in total. The molecule has 0 spiro atoms. The van der Waals surface area contributed by atoms with Gasteiger partial charge < -0.3 is 4.90 Å². The van der Waals surface area contributed by atoms with Crippen LogP contribution < -0.4 is 11.1 Å². The number of hydrogen-bond donors (Lipinski definition) is 1. The van der Waals surface area contributed by atoms with Crippen LogP contribution in [0.15, 0.2) is 33.9 Å². The highest BCUT2D eigenvalue weighted by molar-refractivity contribution is 5.80. The van der Waals surface area contributed by atoms with Gasteiger partial charge in [-0.15, -0.1) is 0 Å². The summed E-state index contributed by atoms with van der Waals surface area (Å²) >= 11 is 0. The third kappa shape index (κ3) is 3.06. The van der Waals surface area contributed by atoms with Gasteiger partial charge in [0.25, 0.3) is 11.1 Å². The van der Waals surface area contributed by atoms with E-state index in [0.717, 1.165) is 25.8 Å². The standard InChI is InChI=1S/C17H21N3O3/c1-12-6-4-5-10-19(12)15(21)9-11-20-17(23)14-8-3-2-7-13(14)16(22)18-20/h2-3,7-8,12H,4-6,9-11H2,1H3,(H,18,22). The maximum Gasteiger partial charge on any atom is 0.273 e. The van der Waals surface area contributed by atoms with E-state index in [1.807, 2.05) is 4.90 Å². The van der Waals surface area contributed by atoms with E-state index >= 15 is 0 Å². The van der Waals surface area contributed by atoms with Gasteiger partial charge in [0.1, 0.15) is 0 Å². The molecule has 1 fully saturated rings. The van der Waals surface area contributed by atoms with Gasteiger partial charge in [0.2, 0.25) is 5.91 Å². The van der Waals surface area contributed by atoms with Crippen LogP contribution in [0, 0.1) is 0 Å². The van der Waals surface area contributed by atoms with Crippen LogP contribution >= 0.6 is 0 Å². The van der Waals surface area contributed by atoms with Gasteiger partial charge in [-0.2, -0.15) is 0 Å². The fraction of sp³-hybridized carbons (Fsp3) is 0.471. The monoisotopic (exact) mass is 315 g/mol. The average molecular weight is 315 g/mol. The highest BCUT2D eigenvalue weighted by atomic mass is 16.2. The SMILES string of the molecule is CC1CCCCN1C(=O)CCn1[nH]c(=O)c2ccccc2c1=O. The molecule has 1 aliphatic heterocycles. The van der Waals surface area contributed by atoms with Crippen molar-refractivity contribution < 1.29 is 4.79 Å². The summed E-state index contributed by atoms with van der Waals surface area (Å²) in [7, 11) is 0. The molecule has 0 bridgehead atoms. The second-order valence-corrected chi connectivity index (χ2v) is 6.13. The first-order chi connectivity index (χ1) is 11.1. The Morgan fingerprint density at radius 1 is 1.22 bits per heavy atom. The molecule has 0 saturated carbocycles. The topological polar surface area (TPSA) is 75.2 Å². The Kier molecular flexibility index (Phi) is 4.32. The zero-order chi connectivity index (χ0) is 16.4. The number of benzene rings is 1. The summed E-state index contributed by atoms with van der Waals surface area (Å²) in [6.07, 6.45) is 3.43. The largest absolute Gasteiger partial charge is 0.340 e. The van der Waals surface area contributed by atoms with Crippen LogP contribution in [0.4, 0.5) is 0 Å². The zero-order valence-electron chi connectivity index (χ0n) is 13.2. The molecule has 1 N–H and O–H groups in total. The van der Waals surface area contributed by atoms with Crippen molar-refractivity contribution >= 4 is 16.7 Å². The number of aromatic amines is 1. The maximum absolute atomic E-state index is 12.4. The van der Waals surface area contributed by atoms with Crippen molar-refractivity contribution in [3.8, 4) is 0 Å². The predicted octanol–water partition coefficient (Wildman–Crippen LogP) is 1.48. The van der Waals surface area contributed by atoms with Gasteiger partial charge in [-0.1, -0.05) is 12.1 Å². The Labute approximate surface area is 133 Å². The molecule has 1 aromatic heterocycles. The molecule has 2 heterocycles. The van der Waals surface area contributed by atoms with Crippen molar-refractivity contribution in [3.63, 3.8) is 0 Å². The molecule has 1 amide bonds. The number of H-pyrrole nitrogens is 1. The number of carbonyl (C=O) groups excluding carboxylic acids is 1. The highest BCUT2D eigenvalue weighted by Crippen LogP contribution is 2.17. The third-order valence-corrected chi connectivity index (χ3v) is 4.56. The van der Waals surface area contributed by atoms with Crippen molar-refractivity contribution in [2.75, 3.05) is 6.54 Å². The number of nitrogens with one attached hydrogen (secondary N) is 1. The number of piperidine rings is 1. The lowest BCUT2D eigenvalue weighted by molar-refractivity contribution is -0.134. The number of nitrogens with zero attached hydrogens (tertiary/aromatic N) is 2. The Hall–Kier alpha value is -2.37. The van der Waals surface area contributed by atoms with Gasteiger partial charge in [-0.25, -0.2) is 4.68 Å². The van der Waals surface area contributed by atoms with Crippen molar-refractivity contribution in [2.45, 2.75) is 45.2 Å². The number of fused-ring (bicyclic) bond motifs is 1. The average Bonchev–Trinajstić information content (AvgIpc) is 2.57. The van der Waals surface area contributed by atoms with E-state index in [4.69, 9.17) is 0 Å². The molecule has 1 unspecified atom stereocenters. The van der Waals surface area contributed by atoms with E-state index in [1.165, 1.54) is 4.68 Å². The minimum Gasteiger partial charge on any atom is -0.340 e. The number of rotatable bonds is 3. The van der Waals surface area contributed by atoms with Crippen molar-refractivity contribution in [1.82, 2.24) is 14.7 Å². The summed E-state index contributed by atoms with van der Waals surface area (Å²) in [5.41, 5.74) is -0.571. The van der Waals surface area contributed by atoms with E-state index in [9.17, 15) is 14.4 Å². The lowest BCUT2D eigenvalue weighted by atomic mass is 10.0. The molecule has 1 aromatic carbocycles. The Bertz CT molecular complexity index is 837. The van der Waals surface area contributed by atoms with Gasteiger partial charge in [0, 0.05) is 19.0 Å². The van der Waals surface area contributed by atoms with E-state index in [1.54, 1.807) is 24.3 Å². The first-order valence-corrected chi connectivity index (χ1v) is 8.09. The summed E-state index contributed by atoms with van der Waals surface area (Å²) in [6.45, 7) is 3.03. The number of aryl methyl sites for hydroxylation is 1. The summed E-state index contributed by atoms with van der Waals surface area (Å²) in [5, 5.41) is 3.33. The summed E-state index contributed by atoms with van der Waals surface area (Å²) in [5.74, 6) is 0.0399. The number of likely N-dealkylation sites (tertiary alicyclic amines) is 1. The lowest BCUT2D eigenvalue weighted by Crippen LogP contribution is -2.42. The van der Waals surface area contributed by atoms with Gasteiger partial charge in [0.15, 0.2) is 0 Å². The summed E-state index contributed by atoms with van der Waals surface area (Å²) in [4.78, 5) is 38.7. The van der Waals surface area contributed by atoms with Gasteiger partial charge >= 0.3 is 0 Å². The molecule has 0 radical (unpaired) electrons. The van der Waals surface area contributed by atoms with Crippen LogP contribution in [0.2, 0.25) is 0 Å². The van der Waals surface area contributed by atoms with Crippen LogP contribution in [0.3, 0.4) is 0 Å². The molecule has 23 heavy (non-hydrogen) atoms. The first kappa shape index (κ1) is 15.5. The van der Waals surface area contributed by atoms with Crippen LogP contribution in [0.5, 0.6) is 0 Å². The fourth-order valence-corrected chi connectivity index (χ4v) is 3.22. The molecule has 0 aliphatic carbocycles. The number of carbonyl (C=O) groups is 1. The Morgan fingerprint density at radius 3 is 2.70 bits per heavy atom. The first-order valence-electron chi connectivity index (χ1n) is 8.09.